The molecule has 0 unspecified atom stereocenters. The van der Waals surface area contributed by atoms with Crippen LogP contribution in [0.1, 0.15) is 19.3 Å². The van der Waals surface area contributed by atoms with E-state index in [0.717, 1.165) is 12.8 Å². The average molecular weight is 123 g/mol. The highest BCUT2D eigenvalue weighted by Crippen LogP contribution is 2.24. The van der Waals surface area contributed by atoms with E-state index in [1.165, 1.54) is 17.8 Å². The molecule has 0 aromatic heterocycles. The van der Waals surface area contributed by atoms with Gasteiger partial charge in [-0.1, -0.05) is 0 Å². The Kier molecular flexibility index (Phi) is 0.946. The van der Waals surface area contributed by atoms with Gasteiger partial charge in [-0.25, -0.2) is 4.99 Å². The summed E-state index contributed by atoms with van der Waals surface area (Å²) in [4.78, 5) is 4.17. The van der Waals surface area contributed by atoms with Crippen molar-refractivity contribution in [2.45, 2.75) is 19.3 Å². The van der Waals surface area contributed by atoms with Crippen molar-refractivity contribution in [3.05, 3.63) is 11.4 Å². The second-order valence-corrected chi connectivity index (χ2v) is 2.31. The maximum absolute atomic E-state index is 4.17. The van der Waals surface area contributed by atoms with Crippen LogP contribution in [0.2, 0.25) is 0 Å². The molecule has 2 rings (SSSR count). The van der Waals surface area contributed by atoms with Crippen molar-refractivity contribution in [2.24, 2.45) is 4.99 Å². The van der Waals surface area contributed by atoms with Crippen LogP contribution in [0.5, 0.6) is 0 Å². The van der Waals surface area contributed by atoms with Gasteiger partial charge >= 0.3 is 0 Å². The highest BCUT2D eigenvalue weighted by molar-refractivity contribution is 5.58. The number of nitrogens with one attached hydrogen (secondary N) is 2. The lowest BCUT2D eigenvalue weighted by Gasteiger charge is -2.10. The predicted molar refractivity (Wildman–Crippen MR) is 35.6 cm³/mol. The lowest BCUT2D eigenvalue weighted by atomic mass is 10.3. The lowest BCUT2D eigenvalue weighted by molar-refractivity contribution is 0.724. The topological polar surface area (TPSA) is 36.4 Å². The van der Waals surface area contributed by atoms with Gasteiger partial charge < -0.3 is 5.43 Å². The van der Waals surface area contributed by atoms with Crippen LogP contribution in [-0.4, -0.2) is 6.34 Å². The monoisotopic (exact) mass is 123 g/mol. The summed E-state index contributed by atoms with van der Waals surface area (Å²) in [5.74, 6) is 0. The molecular weight excluding hydrogens is 114 g/mol. The molecule has 48 valence electrons. The van der Waals surface area contributed by atoms with E-state index in [9.17, 15) is 0 Å². The molecule has 2 N–H and O–H groups in total. The molecule has 0 aromatic rings. The Bertz CT molecular complexity index is 181. The number of hydrazine groups is 1. The minimum atomic E-state index is 1.14. The third kappa shape index (κ3) is 0.686. The predicted octanol–water partition coefficient (Wildman–Crippen LogP) is 0.518. The zero-order chi connectivity index (χ0) is 6.10. The van der Waals surface area contributed by atoms with E-state index in [2.05, 4.69) is 15.8 Å². The summed E-state index contributed by atoms with van der Waals surface area (Å²) in [6.45, 7) is 0. The van der Waals surface area contributed by atoms with Crippen molar-refractivity contribution >= 4 is 6.34 Å². The molecule has 0 amide bonds. The zero-order valence-corrected chi connectivity index (χ0v) is 5.15. The second-order valence-electron chi connectivity index (χ2n) is 2.31. The van der Waals surface area contributed by atoms with E-state index in [1.54, 1.807) is 6.34 Å². The van der Waals surface area contributed by atoms with Gasteiger partial charge in [-0.3, -0.25) is 5.43 Å². The molecule has 0 fully saturated rings. The minimum Gasteiger partial charge on any atom is -0.302 e. The highest BCUT2D eigenvalue weighted by atomic mass is 15.4. The Balaban J connectivity index is 2.28. The lowest BCUT2D eigenvalue weighted by Crippen LogP contribution is -2.32. The molecule has 0 saturated carbocycles. The van der Waals surface area contributed by atoms with E-state index in [1.807, 2.05) is 0 Å². The van der Waals surface area contributed by atoms with E-state index >= 15 is 0 Å². The van der Waals surface area contributed by atoms with Crippen LogP contribution in [0.15, 0.2) is 16.4 Å². The third-order valence-corrected chi connectivity index (χ3v) is 1.70. The molecule has 0 atom stereocenters. The summed E-state index contributed by atoms with van der Waals surface area (Å²) in [7, 11) is 0. The quantitative estimate of drug-likeness (QED) is 0.492. The van der Waals surface area contributed by atoms with Gasteiger partial charge in [0.15, 0.2) is 0 Å². The van der Waals surface area contributed by atoms with Gasteiger partial charge in [-0.05, 0) is 19.3 Å². The van der Waals surface area contributed by atoms with E-state index in [4.69, 9.17) is 0 Å². The number of hydrogen-bond donors (Lipinski definition) is 2. The SMILES string of the molecule is C1=NC2=C(CCC2)NN1. The first kappa shape index (κ1) is 4.85. The number of allylic oxidation sites excluding steroid dienone is 2. The van der Waals surface area contributed by atoms with Gasteiger partial charge in [0.05, 0.1) is 11.4 Å². The Hall–Kier alpha value is -0.990. The normalized spacial score (nSPS) is 23.1. The third-order valence-electron chi connectivity index (χ3n) is 1.70. The number of nitrogens with zero attached hydrogens (tertiary/aromatic N) is 1. The summed E-state index contributed by atoms with van der Waals surface area (Å²) in [6, 6.07) is 0. The molecule has 1 aliphatic heterocycles. The first-order valence-electron chi connectivity index (χ1n) is 3.23. The summed E-state index contributed by atoms with van der Waals surface area (Å²) < 4.78 is 0. The van der Waals surface area contributed by atoms with Crippen LogP contribution in [0.3, 0.4) is 0 Å². The smallest absolute Gasteiger partial charge is 0.107 e. The van der Waals surface area contributed by atoms with Gasteiger partial charge in [-0.15, -0.1) is 0 Å². The van der Waals surface area contributed by atoms with Crippen molar-refractivity contribution in [2.75, 3.05) is 0 Å². The minimum absolute atomic E-state index is 1.14. The molecule has 9 heavy (non-hydrogen) atoms. The zero-order valence-electron chi connectivity index (χ0n) is 5.15. The van der Waals surface area contributed by atoms with E-state index in [0.29, 0.717) is 0 Å². The van der Waals surface area contributed by atoms with Gasteiger partial charge in [0.25, 0.3) is 0 Å². The van der Waals surface area contributed by atoms with Gasteiger partial charge in [0.2, 0.25) is 0 Å². The summed E-state index contributed by atoms with van der Waals surface area (Å²) in [5, 5.41) is 0. The second kappa shape index (κ2) is 1.76. The molecule has 1 aliphatic carbocycles. The standard InChI is InChI=1S/C6H9N3/c1-2-5-6(3-1)9-8-4-7-5/h4,9H,1-3H2,(H,7,8). The Morgan fingerprint density at radius 3 is 3.33 bits per heavy atom. The van der Waals surface area contributed by atoms with Crippen LogP contribution >= 0.6 is 0 Å². The van der Waals surface area contributed by atoms with Crippen LogP contribution < -0.4 is 10.9 Å². The first-order chi connectivity index (χ1) is 4.47. The fourth-order valence-corrected chi connectivity index (χ4v) is 1.23. The molecule has 3 nitrogen and oxygen atoms in total. The van der Waals surface area contributed by atoms with Crippen molar-refractivity contribution < 1.29 is 0 Å². The summed E-state index contributed by atoms with van der Waals surface area (Å²) in [6.07, 6.45) is 5.24. The Morgan fingerprint density at radius 2 is 2.44 bits per heavy atom. The molecule has 0 aromatic carbocycles. The molecular formula is C6H9N3. The van der Waals surface area contributed by atoms with Crippen LogP contribution in [0.25, 0.3) is 0 Å². The summed E-state index contributed by atoms with van der Waals surface area (Å²) >= 11 is 0. The molecule has 3 heteroatoms. The number of aliphatic imine (C=N–C) groups is 1. The van der Waals surface area contributed by atoms with E-state index < -0.39 is 0 Å². The van der Waals surface area contributed by atoms with Crippen LogP contribution in [0.4, 0.5) is 0 Å². The van der Waals surface area contributed by atoms with Crippen LogP contribution in [0, 0.1) is 0 Å². The largest absolute Gasteiger partial charge is 0.302 e. The average Bonchev–Trinajstić information content (AvgIpc) is 2.33. The van der Waals surface area contributed by atoms with Gasteiger partial charge in [-0.2, -0.15) is 0 Å². The molecule has 0 saturated heterocycles. The van der Waals surface area contributed by atoms with Crippen molar-refractivity contribution in [3.8, 4) is 0 Å². The van der Waals surface area contributed by atoms with Gasteiger partial charge in [0, 0.05) is 0 Å². The molecule has 0 bridgehead atoms. The molecule has 0 spiro atoms. The number of hydrogen-bond acceptors (Lipinski definition) is 3. The Morgan fingerprint density at radius 1 is 1.44 bits per heavy atom. The molecule has 2 aliphatic rings. The fourth-order valence-electron chi connectivity index (χ4n) is 1.23. The molecule has 0 radical (unpaired) electrons. The van der Waals surface area contributed by atoms with Crippen LogP contribution in [-0.2, 0) is 0 Å². The fraction of sp³-hybridized carbons (Fsp3) is 0.500. The van der Waals surface area contributed by atoms with Crippen molar-refractivity contribution in [3.63, 3.8) is 0 Å². The maximum Gasteiger partial charge on any atom is 0.107 e. The highest BCUT2D eigenvalue weighted by Gasteiger charge is 2.14. The van der Waals surface area contributed by atoms with Crippen molar-refractivity contribution in [1.29, 1.82) is 0 Å². The Labute approximate surface area is 53.8 Å². The van der Waals surface area contributed by atoms with Crippen molar-refractivity contribution in [1.82, 2.24) is 10.9 Å². The first-order valence-corrected chi connectivity index (χ1v) is 3.23. The van der Waals surface area contributed by atoms with Gasteiger partial charge in [0.1, 0.15) is 6.34 Å². The summed E-state index contributed by atoms with van der Waals surface area (Å²) in [5.41, 5.74) is 8.42. The number of rotatable bonds is 0. The van der Waals surface area contributed by atoms with E-state index in [-0.39, 0.29) is 0 Å². The molecule has 1 heterocycles. The maximum atomic E-state index is 4.17.